The molecule has 0 N–H and O–H groups in total. The van der Waals surface area contributed by atoms with E-state index < -0.39 is 5.60 Å². The molecule has 1 aromatic carbocycles. The largest absolute Gasteiger partial charge is 0.363 e. The molecule has 1 aromatic heterocycles. The highest BCUT2D eigenvalue weighted by Gasteiger charge is 2.42. The number of hydrogen-bond donors (Lipinski definition) is 0. The molecule has 29 heavy (non-hydrogen) atoms. The van der Waals surface area contributed by atoms with E-state index in [9.17, 15) is 9.59 Å². The molecule has 4 rings (SSSR count). The Balaban J connectivity index is 1.46. The van der Waals surface area contributed by atoms with Gasteiger partial charge in [0, 0.05) is 37.6 Å². The molecule has 1 atom stereocenters. The molecule has 3 heterocycles. The molecule has 0 radical (unpaired) electrons. The number of anilines is 1. The summed E-state index contributed by atoms with van der Waals surface area (Å²) in [5.41, 5.74) is 0.996. The number of aryl methyl sites for hydroxylation is 1. The van der Waals surface area contributed by atoms with Crippen LogP contribution in [0, 0.1) is 0 Å². The average molecular weight is 394 g/mol. The molecule has 2 fully saturated rings. The quantitative estimate of drug-likeness (QED) is 0.799. The van der Waals surface area contributed by atoms with Crippen molar-refractivity contribution in [2.45, 2.75) is 38.2 Å². The topological polar surface area (TPSA) is 75.6 Å². The monoisotopic (exact) mass is 394 g/mol. The number of likely N-dealkylation sites (tertiary alicyclic amines) is 1. The molecule has 1 unspecified atom stereocenters. The second kappa shape index (κ2) is 8.29. The maximum Gasteiger partial charge on any atom is 0.256 e. The number of amides is 2. The maximum absolute atomic E-state index is 12.9. The highest BCUT2D eigenvalue weighted by atomic mass is 16.5. The molecule has 152 valence electrons. The van der Waals surface area contributed by atoms with Gasteiger partial charge in [0.25, 0.3) is 11.8 Å². The van der Waals surface area contributed by atoms with Gasteiger partial charge in [0.15, 0.2) is 0 Å². The lowest BCUT2D eigenvalue weighted by molar-refractivity contribution is -0.140. The molecule has 2 aromatic rings. The van der Waals surface area contributed by atoms with Gasteiger partial charge in [0.05, 0.1) is 17.7 Å². The molecule has 0 bridgehead atoms. The van der Waals surface area contributed by atoms with Gasteiger partial charge >= 0.3 is 0 Å². The summed E-state index contributed by atoms with van der Waals surface area (Å²) in [5, 5.41) is 0. The number of ether oxygens (including phenoxy) is 1. The summed E-state index contributed by atoms with van der Waals surface area (Å²) in [4.78, 5) is 37.5. The van der Waals surface area contributed by atoms with Gasteiger partial charge in [-0.05, 0) is 31.4 Å². The number of rotatable bonds is 3. The summed E-state index contributed by atoms with van der Waals surface area (Å²) in [7, 11) is 0. The Bertz CT molecular complexity index is 871. The maximum atomic E-state index is 12.9. The minimum Gasteiger partial charge on any atom is -0.363 e. The van der Waals surface area contributed by atoms with Crippen molar-refractivity contribution in [1.29, 1.82) is 0 Å². The fourth-order valence-electron chi connectivity index (χ4n) is 4.06. The Labute approximate surface area is 170 Å². The zero-order valence-electron chi connectivity index (χ0n) is 16.7. The van der Waals surface area contributed by atoms with Crippen LogP contribution < -0.4 is 4.90 Å². The number of nitrogens with zero attached hydrogens (tertiary/aromatic N) is 4. The number of hydrogen-bond acceptors (Lipinski definition) is 5. The number of benzene rings is 1. The third-order valence-electron chi connectivity index (χ3n) is 5.77. The first-order valence-electron chi connectivity index (χ1n) is 10.2. The molecular weight excluding hydrogens is 368 g/mol. The highest BCUT2D eigenvalue weighted by Crippen LogP contribution is 2.33. The highest BCUT2D eigenvalue weighted by molar-refractivity contribution is 5.95. The Morgan fingerprint density at radius 2 is 1.90 bits per heavy atom. The Hall–Kier alpha value is -2.80. The van der Waals surface area contributed by atoms with Crippen molar-refractivity contribution in [1.82, 2.24) is 14.9 Å². The van der Waals surface area contributed by atoms with E-state index in [-0.39, 0.29) is 18.4 Å². The van der Waals surface area contributed by atoms with Crippen LogP contribution in [0.1, 0.15) is 42.4 Å². The summed E-state index contributed by atoms with van der Waals surface area (Å²) >= 11 is 0. The predicted molar refractivity (Wildman–Crippen MR) is 109 cm³/mol. The molecule has 0 aliphatic carbocycles. The van der Waals surface area contributed by atoms with E-state index >= 15 is 0 Å². The van der Waals surface area contributed by atoms with Crippen molar-refractivity contribution in [3.05, 3.63) is 54.1 Å². The molecule has 0 saturated carbocycles. The van der Waals surface area contributed by atoms with Gasteiger partial charge in [-0.25, -0.2) is 9.97 Å². The van der Waals surface area contributed by atoms with Crippen LogP contribution in [0.3, 0.4) is 0 Å². The van der Waals surface area contributed by atoms with Gasteiger partial charge in [-0.3, -0.25) is 9.59 Å². The zero-order valence-corrected chi connectivity index (χ0v) is 16.7. The van der Waals surface area contributed by atoms with Crippen molar-refractivity contribution in [3.63, 3.8) is 0 Å². The molecule has 2 saturated heterocycles. The van der Waals surface area contributed by atoms with Crippen LogP contribution in [0.5, 0.6) is 0 Å². The lowest BCUT2D eigenvalue weighted by Crippen LogP contribution is -2.55. The fraction of sp³-hybridized carbons (Fsp3) is 0.455. The van der Waals surface area contributed by atoms with Gasteiger partial charge in [-0.15, -0.1) is 0 Å². The predicted octanol–water partition coefficient (Wildman–Crippen LogP) is 2.47. The van der Waals surface area contributed by atoms with Crippen molar-refractivity contribution in [3.8, 4) is 0 Å². The normalized spacial score (nSPS) is 22.6. The van der Waals surface area contributed by atoms with Crippen LogP contribution in [0.15, 0.2) is 42.7 Å². The first kappa shape index (κ1) is 19.5. The third kappa shape index (κ3) is 4.15. The van der Waals surface area contributed by atoms with Crippen LogP contribution in [0.25, 0.3) is 0 Å². The summed E-state index contributed by atoms with van der Waals surface area (Å²) < 4.78 is 6.06. The van der Waals surface area contributed by atoms with Gasteiger partial charge in [-0.2, -0.15) is 0 Å². The van der Waals surface area contributed by atoms with E-state index in [2.05, 4.69) is 9.97 Å². The first-order valence-corrected chi connectivity index (χ1v) is 10.2. The van der Waals surface area contributed by atoms with Crippen molar-refractivity contribution in [2.75, 3.05) is 31.1 Å². The van der Waals surface area contributed by atoms with E-state index in [1.54, 1.807) is 12.4 Å². The summed E-state index contributed by atoms with van der Waals surface area (Å²) in [6.45, 7) is 3.84. The Kier molecular flexibility index (Phi) is 5.58. The second-order valence-corrected chi connectivity index (χ2v) is 7.67. The van der Waals surface area contributed by atoms with E-state index in [0.29, 0.717) is 31.6 Å². The molecule has 2 aliphatic rings. The smallest absolute Gasteiger partial charge is 0.256 e. The summed E-state index contributed by atoms with van der Waals surface area (Å²) in [6, 6.07) is 9.71. The van der Waals surface area contributed by atoms with Gasteiger partial charge in [0.2, 0.25) is 0 Å². The van der Waals surface area contributed by atoms with E-state index in [1.165, 1.54) is 0 Å². The fourth-order valence-corrected chi connectivity index (χ4v) is 4.06. The number of carbonyl (C=O) groups excluding carboxylic acids is 2. The lowest BCUT2D eigenvalue weighted by Gasteiger charge is -2.42. The van der Waals surface area contributed by atoms with Crippen LogP contribution in [0.2, 0.25) is 0 Å². The lowest BCUT2D eigenvalue weighted by atomic mass is 9.92. The molecule has 7 nitrogen and oxygen atoms in total. The van der Waals surface area contributed by atoms with Crippen LogP contribution >= 0.6 is 0 Å². The van der Waals surface area contributed by atoms with Gasteiger partial charge < -0.3 is 14.5 Å². The van der Waals surface area contributed by atoms with Crippen molar-refractivity contribution in [2.24, 2.45) is 0 Å². The Morgan fingerprint density at radius 3 is 2.62 bits per heavy atom. The zero-order chi connectivity index (χ0) is 20.3. The number of para-hydroxylation sites is 1. The summed E-state index contributed by atoms with van der Waals surface area (Å²) in [5.74, 6) is 0.668. The number of carbonyl (C=O) groups is 2. The van der Waals surface area contributed by atoms with Crippen molar-refractivity contribution >= 4 is 17.5 Å². The van der Waals surface area contributed by atoms with Gasteiger partial charge in [-0.1, -0.05) is 25.1 Å². The molecule has 7 heteroatoms. The van der Waals surface area contributed by atoms with Crippen molar-refractivity contribution < 1.29 is 14.3 Å². The van der Waals surface area contributed by atoms with Crippen LogP contribution in [-0.4, -0.2) is 58.5 Å². The third-order valence-corrected chi connectivity index (χ3v) is 5.77. The number of aromatic nitrogens is 2. The summed E-state index contributed by atoms with van der Waals surface area (Å²) in [6.07, 6.45) is 6.32. The van der Waals surface area contributed by atoms with Crippen LogP contribution in [-0.2, 0) is 16.0 Å². The minimum atomic E-state index is -0.415. The SMILES string of the molecule is CCc1ncc(C(=O)N2CCCC3(CC2)CN(c2ccccc2)C(=O)CO3)cn1. The standard InChI is InChI=1S/C22H26N4O3/c1-2-19-23-13-17(14-24-19)21(28)25-11-6-9-22(10-12-25)16-26(20(27)15-29-22)18-7-4-3-5-8-18/h3-5,7-8,13-14H,2,6,9-12,15-16H2,1H3. The molecule has 1 spiro atoms. The Morgan fingerprint density at radius 1 is 1.14 bits per heavy atom. The van der Waals surface area contributed by atoms with E-state index in [0.717, 1.165) is 30.8 Å². The van der Waals surface area contributed by atoms with E-state index in [4.69, 9.17) is 4.74 Å². The molecule has 2 amide bonds. The van der Waals surface area contributed by atoms with Crippen LogP contribution in [0.4, 0.5) is 5.69 Å². The average Bonchev–Trinajstić information content (AvgIpc) is 2.98. The first-order chi connectivity index (χ1) is 14.1. The molecular formula is C22H26N4O3. The van der Waals surface area contributed by atoms with E-state index in [1.807, 2.05) is 47.1 Å². The van der Waals surface area contributed by atoms with Gasteiger partial charge in [0.1, 0.15) is 12.4 Å². The number of morpholine rings is 1. The molecule has 2 aliphatic heterocycles. The second-order valence-electron chi connectivity index (χ2n) is 7.67. The minimum absolute atomic E-state index is 0.0211.